The highest BCUT2D eigenvalue weighted by Crippen LogP contribution is 2.45. The standard InChI is InChI=1S/C18H31N3O4/c1-12(2)15(16(23)19-3)21-9-8-18(17(21)24,11-14(22)20-25)10-13-6-4-5-7-13/h12-13,15,25H,4-11H2,1-3H3,(H,19,23)(H,20,22)/t15-,18-/m1/s1. The maximum Gasteiger partial charge on any atom is 0.244 e. The molecule has 2 aliphatic rings. The van der Waals surface area contributed by atoms with Crippen LogP contribution < -0.4 is 10.8 Å². The number of nitrogens with one attached hydrogen (secondary N) is 2. The summed E-state index contributed by atoms with van der Waals surface area (Å²) >= 11 is 0. The largest absolute Gasteiger partial charge is 0.357 e. The van der Waals surface area contributed by atoms with E-state index < -0.39 is 17.4 Å². The first-order chi connectivity index (χ1) is 11.8. The van der Waals surface area contributed by atoms with Crippen molar-refractivity contribution < 1.29 is 19.6 Å². The van der Waals surface area contributed by atoms with Gasteiger partial charge in [-0.1, -0.05) is 39.5 Å². The third kappa shape index (κ3) is 4.14. The van der Waals surface area contributed by atoms with Crippen molar-refractivity contribution in [3.8, 4) is 0 Å². The van der Waals surface area contributed by atoms with E-state index in [1.165, 1.54) is 0 Å². The normalized spacial score (nSPS) is 25.5. The number of hydroxylamine groups is 1. The van der Waals surface area contributed by atoms with Crippen molar-refractivity contribution in [2.24, 2.45) is 17.3 Å². The average molecular weight is 353 g/mol. The van der Waals surface area contributed by atoms with Gasteiger partial charge in [-0.15, -0.1) is 0 Å². The van der Waals surface area contributed by atoms with E-state index in [1.807, 2.05) is 13.8 Å². The third-order valence-corrected chi connectivity index (χ3v) is 5.81. The van der Waals surface area contributed by atoms with Crippen molar-refractivity contribution in [2.45, 2.75) is 64.8 Å². The molecule has 1 aliphatic carbocycles. The highest BCUT2D eigenvalue weighted by molar-refractivity contribution is 5.94. The summed E-state index contributed by atoms with van der Waals surface area (Å²) in [6, 6.07) is -0.528. The highest BCUT2D eigenvalue weighted by atomic mass is 16.5. The van der Waals surface area contributed by atoms with Crippen LogP contribution in [-0.4, -0.2) is 47.5 Å². The SMILES string of the molecule is CNC(=O)[C@@H](C(C)C)N1CC[C@](CC(=O)NO)(CC2CCCC2)C1=O. The summed E-state index contributed by atoms with van der Waals surface area (Å²) in [7, 11) is 1.57. The van der Waals surface area contributed by atoms with Crippen LogP contribution in [0.4, 0.5) is 0 Å². The van der Waals surface area contributed by atoms with Crippen LogP contribution in [0.15, 0.2) is 0 Å². The molecule has 0 aromatic heterocycles. The zero-order valence-corrected chi connectivity index (χ0v) is 15.5. The van der Waals surface area contributed by atoms with Gasteiger partial charge in [0.25, 0.3) is 0 Å². The number of hydrogen-bond donors (Lipinski definition) is 3. The Balaban J connectivity index is 2.26. The lowest BCUT2D eigenvalue weighted by atomic mass is 9.74. The third-order valence-electron chi connectivity index (χ3n) is 5.81. The summed E-state index contributed by atoms with van der Waals surface area (Å²) in [5, 5.41) is 11.6. The van der Waals surface area contributed by atoms with Crippen LogP contribution in [0, 0.1) is 17.3 Å². The van der Waals surface area contributed by atoms with Gasteiger partial charge in [-0.25, -0.2) is 5.48 Å². The average Bonchev–Trinajstić information content (AvgIpc) is 3.18. The zero-order valence-electron chi connectivity index (χ0n) is 15.5. The molecule has 3 amide bonds. The molecule has 0 bridgehead atoms. The minimum atomic E-state index is -0.803. The van der Waals surface area contributed by atoms with E-state index in [9.17, 15) is 14.4 Å². The molecule has 2 rings (SSSR count). The summed E-state index contributed by atoms with van der Waals surface area (Å²) < 4.78 is 0. The van der Waals surface area contributed by atoms with Crippen molar-refractivity contribution in [1.29, 1.82) is 0 Å². The van der Waals surface area contributed by atoms with Crippen LogP contribution in [0.1, 0.15) is 58.8 Å². The van der Waals surface area contributed by atoms with Gasteiger partial charge in [-0.3, -0.25) is 19.6 Å². The van der Waals surface area contributed by atoms with Crippen molar-refractivity contribution in [3.05, 3.63) is 0 Å². The van der Waals surface area contributed by atoms with Crippen molar-refractivity contribution in [1.82, 2.24) is 15.7 Å². The Labute approximate surface area is 149 Å². The second-order valence-corrected chi connectivity index (χ2v) is 7.90. The minimum absolute atomic E-state index is 0.0159. The maximum atomic E-state index is 13.3. The number of likely N-dealkylation sites (N-methyl/N-ethyl adjacent to an activating group) is 1. The molecule has 7 nitrogen and oxygen atoms in total. The number of carbonyl (C=O) groups excluding carboxylic acids is 3. The molecular weight excluding hydrogens is 322 g/mol. The summed E-state index contributed by atoms with van der Waals surface area (Å²) in [5.74, 6) is -0.406. The molecule has 0 aromatic rings. The molecule has 142 valence electrons. The molecule has 3 N–H and O–H groups in total. The van der Waals surface area contributed by atoms with Gasteiger partial charge in [-0.2, -0.15) is 0 Å². The predicted molar refractivity (Wildman–Crippen MR) is 92.6 cm³/mol. The van der Waals surface area contributed by atoms with Crippen LogP contribution in [-0.2, 0) is 14.4 Å². The number of rotatable bonds is 7. The van der Waals surface area contributed by atoms with E-state index in [1.54, 1.807) is 17.4 Å². The Morgan fingerprint density at radius 1 is 1.32 bits per heavy atom. The topological polar surface area (TPSA) is 98.7 Å². The fraction of sp³-hybridized carbons (Fsp3) is 0.833. The van der Waals surface area contributed by atoms with Gasteiger partial charge in [-0.05, 0) is 24.7 Å². The Kier molecular flexibility index (Phi) is 6.43. The highest BCUT2D eigenvalue weighted by Gasteiger charge is 2.52. The van der Waals surface area contributed by atoms with E-state index in [-0.39, 0.29) is 24.2 Å². The molecule has 0 aromatic carbocycles. The maximum absolute atomic E-state index is 13.3. The van der Waals surface area contributed by atoms with Gasteiger partial charge in [0.1, 0.15) is 6.04 Å². The van der Waals surface area contributed by atoms with Gasteiger partial charge in [0.05, 0.1) is 5.41 Å². The van der Waals surface area contributed by atoms with Crippen molar-refractivity contribution >= 4 is 17.7 Å². The monoisotopic (exact) mass is 353 g/mol. The van der Waals surface area contributed by atoms with Gasteiger partial charge in [0, 0.05) is 20.0 Å². The zero-order chi connectivity index (χ0) is 18.6. The quantitative estimate of drug-likeness (QED) is 0.476. The summed E-state index contributed by atoms with van der Waals surface area (Å²) in [6.45, 7) is 4.32. The molecule has 0 unspecified atom stereocenters. The van der Waals surface area contributed by atoms with E-state index in [0.717, 1.165) is 25.7 Å². The van der Waals surface area contributed by atoms with Gasteiger partial charge >= 0.3 is 0 Å². The molecular formula is C18H31N3O4. The summed E-state index contributed by atoms with van der Waals surface area (Å²) in [4.78, 5) is 39.1. The number of nitrogens with zero attached hydrogens (tertiary/aromatic N) is 1. The van der Waals surface area contributed by atoms with Crippen molar-refractivity contribution in [3.63, 3.8) is 0 Å². The fourth-order valence-corrected chi connectivity index (χ4v) is 4.60. The summed E-state index contributed by atoms with van der Waals surface area (Å²) in [6.07, 6.45) is 5.69. The van der Waals surface area contributed by atoms with Crippen LogP contribution in [0.25, 0.3) is 0 Å². The van der Waals surface area contributed by atoms with Crippen LogP contribution in [0.5, 0.6) is 0 Å². The molecule has 25 heavy (non-hydrogen) atoms. The molecule has 0 radical (unpaired) electrons. The first-order valence-electron chi connectivity index (χ1n) is 9.30. The summed E-state index contributed by atoms with van der Waals surface area (Å²) in [5.41, 5.74) is 0.871. The molecule has 1 heterocycles. The van der Waals surface area contributed by atoms with E-state index >= 15 is 0 Å². The molecule has 7 heteroatoms. The Morgan fingerprint density at radius 3 is 2.48 bits per heavy atom. The van der Waals surface area contributed by atoms with Crippen molar-refractivity contribution in [2.75, 3.05) is 13.6 Å². The molecule has 1 aliphatic heterocycles. The number of carbonyl (C=O) groups is 3. The molecule has 1 saturated carbocycles. The van der Waals surface area contributed by atoms with E-state index in [2.05, 4.69) is 5.32 Å². The second kappa shape index (κ2) is 8.17. The van der Waals surface area contributed by atoms with Gasteiger partial charge < -0.3 is 10.2 Å². The molecule has 0 spiro atoms. The van der Waals surface area contributed by atoms with Crippen LogP contribution in [0.3, 0.4) is 0 Å². The lowest BCUT2D eigenvalue weighted by molar-refractivity contribution is -0.148. The molecule has 2 fully saturated rings. The van der Waals surface area contributed by atoms with Gasteiger partial charge in [0.15, 0.2) is 0 Å². The number of likely N-dealkylation sites (tertiary alicyclic amines) is 1. The van der Waals surface area contributed by atoms with Gasteiger partial charge in [0.2, 0.25) is 17.7 Å². The predicted octanol–water partition coefficient (Wildman–Crippen LogP) is 1.45. The first kappa shape index (κ1) is 19.7. The minimum Gasteiger partial charge on any atom is -0.357 e. The van der Waals surface area contributed by atoms with Crippen LogP contribution >= 0.6 is 0 Å². The number of hydrogen-bond acceptors (Lipinski definition) is 4. The lowest BCUT2D eigenvalue weighted by Crippen LogP contribution is -2.51. The van der Waals surface area contributed by atoms with E-state index in [0.29, 0.717) is 25.3 Å². The Morgan fingerprint density at radius 2 is 1.96 bits per heavy atom. The Bertz CT molecular complexity index is 516. The lowest BCUT2D eigenvalue weighted by Gasteiger charge is -2.33. The molecule has 1 saturated heterocycles. The fourth-order valence-electron chi connectivity index (χ4n) is 4.60. The second-order valence-electron chi connectivity index (χ2n) is 7.90. The smallest absolute Gasteiger partial charge is 0.244 e. The first-order valence-corrected chi connectivity index (χ1v) is 9.30. The molecule has 2 atom stereocenters. The number of amides is 3. The Hall–Kier alpha value is -1.63. The van der Waals surface area contributed by atoms with Crippen LogP contribution in [0.2, 0.25) is 0 Å². The van der Waals surface area contributed by atoms with E-state index in [4.69, 9.17) is 5.21 Å².